The molecule has 0 N–H and O–H groups in total. The molecule has 84 valence electrons. The molecule has 2 nitrogen and oxygen atoms in total. The van der Waals surface area contributed by atoms with Gasteiger partial charge in [-0.15, -0.1) is 0 Å². The predicted molar refractivity (Wildman–Crippen MR) is 63.8 cm³/mol. The van der Waals surface area contributed by atoms with Crippen molar-refractivity contribution >= 4 is 11.5 Å². The van der Waals surface area contributed by atoms with Crippen molar-refractivity contribution in [3.05, 3.63) is 42.0 Å². The minimum absolute atomic E-state index is 0.0464. The third kappa shape index (κ3) is 2.32. The Morgan fingerprint density at radius 1 is 1.25 bits per heavy atom. The molecule has 1 aliphatic heterocycles. The fourth-order valence-electron chi connectivity index (χ4n) is 1.96. The van der Waals surface area contributed by atoms with E-state index in [0.717, 1.165) is 30.4 Å². The molecule has 1 unspecified atom stereocenters. The second-order valence-electron chi connectivity index (χ2n) is 4.03. The van der Waals surface area contributed by atoms with E-state index in [1.165, 1.54) is 0 Å². The van der Waals surface area contributed by atoms with Crippen LogP contribution in [0.4, 0.5) is 0 Å². The van der Waals surface area contributed by atoms with E-state index in [4.69, 9.17) is 4.74 Å². The van der Waals surface area contributed by atoms with Crippen molar-refractivity contribution in [3.63, 3.8) is 0 Å². The maximum Gasteiger partial charge on any atom is 0.331 e. The van der Waals surface area contributed by atoms with Crippen molar-refractivity contribution < 1.29 is 9.53 Å². The van der Waals surface area contributed by atoms with Crippen molar-refractivity contribution in [2.45, 2.75) is 32.3 Å². The Morgan fingerprint density at radius 2 is 2.00 bits per heavy atom. The Kier molecular flexibility index (Phi) is 3.40. The Labute approximate surface area is 95.9 Å². The summed E-state index contributed by atoms with van der Waals surface area (Å²) in [6, 6.07) is 9.98. The highest BCUT2D eigenvalue weighted by molar-refractivity contribution is 5.97. The first-order valence-corrected chi connectivity index (χ1v) is 5.79. The summed E-state index contributed by atoms with van der Waals surface area (Å²) in [5.74, 6) is -0.208. The summed E-state index contributed by atoms with van der Waals surface area (Å²) in [6.07, 6.45) is 4.70. The molecule has 2 rings (SSSR count). The summed E-state index contributed by atoms with van der Waals surface area (Å²) in [6.45, 7) is 2.14. The van der Waals surface area contributed by atoms with Crippen molar-refractivity contribution in [2.75, 3.05) is 0 Å². The van der Waals surface area contributed by atoms with E-state index < -0.39 is 0 Å². The lowest BCUT2D eigenvalue weighted by atomic mass is 9.98. The zero-order valence-corrected chi connectivity index (χ0v) is 9.48. The number of hydrogen-bond donors (Lipinski definition) is 0. The van der Waals surface area contributed by atoms with Gasteiger partial charge < -0.3 is 4.74 Å². The fraction of sp³-hybridized carbons (Fsp3) is 0.357. The summed E-state index contributed by atoms with van der Waals surface area (Å²) >= 11 is 0. The molecular weight excluding hydrogens is 200 g/mol. The van der Waals surface area contributed by atoms with Crippen LogP contribution >= 0.6 is 0 Å². The fourth-order valence-corrected chi connectivity index (χ4v) is 1.96. The second-order valence-corrected chi connectivity index (χ2v) is 4.03. The van der Waals surface area contributed by atoms with Crippen LogP contribution < -0.4 is 0 Å². The summed E-state index contributed by atoms with van der Waals surface area (Å²) in [4.78, 5) is 11.3. The zero-order valence-electron chi connectivity index (χ0n) is 9.48. The van der Waals surface area contributed by atoms with Crippen LogP contribution in [0.1, 0.15) is 31.7 Å². The van der Waals surface area contributed by atoms with Crippen LogP contribution in [0.3, 0.4) is 0 Å². The van der Waals surface area contributed by atoms with Crippen molar-refractivity contribution in [1.29, 1.82) is 0 Å². The molecule has 0 aliphatic carbocycles. The number of ether oxygens (including phenoxy) is 1. The molecule has 0 bridgehead atoms. The monoisotopic (exact) mass is 216 g/mol. The van der Waals surface area contributed by atoms with E-state index >= 15 is 0 Å². The summed E-state index contributed by atoms with van der Waals surface area (Å²) < 4.78 is 5.30. The third-order valence-electron chi connectivity index (χ3n) is 2.81. The van der Waals surface area contributed by atoms with Gasteiger partial charge in [0.1, 0.15) is 6.10 Å². The average molecular weight is 216 g/mol. The molecule has 1 atom stereocenters. The standard InChI is InChI=1S/C14H16O2/c1-2-3-9-13-12(10-14(15)16-13)11-7-5-4-6-8-11/h4-8,10,13H,2-3,9H2,1H3. The number of hydrogen-bond acceptors (Lipinski definition) is 2. The zero-order chi connectivity index (χ0) is 11.4. The van der Waals surface area contributed by atoms with Crippen LogP contribution in [0, 0.1) is 0 Å². The van der Waals surface area contributed by atoms with Gasteiger partial charge >= 0.3 is 5.97 Å². The van der Waals surface area contributed by atoms with E-state index in [-0.39, 0.29) is 12.1 Å². The predicted octanol–water partition coefficient (Wildman–Crippen LogP) is 3.19. The minimum atomic E-state index is -0.208. The molecule has 2 heteroatoms. The second kappa shape index (κ2) is 4.97. The van der Waals surface area contributed by atoms with Gasteiger partial charge in [0.05, 0.1) is 0 Å². The van der Waals surface area contributed by atoms with Crippen molar-refractivity contribution in [3.8, 4) is 0 Å². The molecule has 1 heterocycles. The lowest BCUT2D eigenvalue weighted by molar-refractivity contribution is -0.138. The highest BCUT2D eigenvalue weighted by Crippen LogP contribution is 2.29. The molecule has 0 radical (unpaired) electrons. The van der Waals surface area contributed by atoms with Gasteiger partial charge in [-0.3, -0.25) is 0 Å². The third-order valence-corrected chi connectivity index (χ3v) is 2.81. The smallest absolute Gasteiger partial charge is 0.331 e. The average Bonchev–Trinajstić information content (AvgIpc) is 2.69. The largest absolute Gasteiger partial charge is 0.454 e. The maximum absolute atomic E-state index is 11.3. The first-order valence-electron chi connectivity index (χ1n) is 5.79. The molecule has 1 aromatic carbocycles. The van der Waals surface area contributed by atoms with Crippen LogP contribution in [0.25, 0.3) is 5.57 Å². The van der Waals surface area contributed by atoms with Gasteiger partial charge in [0.15, 0.2) is 0 Å². The van der Waals surface area contributed by atoms with Crippen molar-refractivity contribution in [2.24, 2.45) is 0 Å². The van der Waals surface area contributed by atoms with Gasteiger partial charge in [0.2, 0.25) is 0 Å². The molecule has 0 fully saturated rings. The molecule has 0 amide bonds. The normalized spacial score (nSPS) is 19.4. The van der Waals surface area contributed by atoms with E-state index in [1.807, 2.05) is 30.3 Å². The van der Waals surface area contributed by atoms with Gasteiger partial charge in [-0.2, -0.15) is 0 Å². The number of benzene rings is 1. The molecule has 1 aromatic rings. The Bertz CT molecular complexity index is 392. The maximum atomic E-state index is 11.3. The lowest BCUT2D eigenvalue weighted by Crippen LogP contribution is -2.10. The van der Waals surface area contributed by atoms with Gasteiger partial charge in [-0.25, -0.2) is 4.79 Å². The van der Waals surface area contributed by atoms with Gasteiger partial charge in [-0.05, 0) is 18.4 Å². The van der Waals surface area contributed by atoms with Crippen LogP contribution in [-0.4, -0.2) is 12.1 Å². The SMILES string of the molecule is CCCCC1OC(=O)C=C1c1ccccc1. The Morgan fingerprint density at radius 3 is 2.69 bits per heavy atom. The first kappa shape index (κ1) is 10.9. The van der Waals surface area contributed by atoms with Gasteiger partial charge in [0.25, 0.3) is 0 Å². The molecule has 0 aromatic heterocycles. The summed E-state index contributed by atoms with van der Waals surface area (Å²) in [5, 5.41) is 0. The molecule has 0 spiro atoms. The minimum Gasteiger partial charge on any atom is -0.454 e. The molecular formula is C14H16O2. The van der Waals surface area contributed by atoms with Crippen LogP contribution in [0.2, 0.25) is 0 Å². The highest BCUT2D eigenvalue weighted by Gasteiger charge is 2.26. The molecule has 1 aliphatic rings. The van der Waals surface area contributed by atoms with Gasteiger partial charge in [-0.1, -0.05) is 43.7 Å². The van der Waals surface area contributed by atoms with E-state index in [2.05, 4.69) is 6.92 Å². The number of esters is 1. The van der Waals surface area contributed by atoms with Crippen LogP contribution in [-0.2, 0) is 9.53 Å². The topological polar surface area (TPSA) is 26.3 Å². The van der Waals surface area contributed by atoms with E-state index in [1.54, 1.807) is 6.08 Å². The van der Waals surface area contributed by atoms with E-state index in [9.17, 15) is 4.79 Å². The Hall–Kier alpha value is -1.57. The quantitative estimate of drug-likeness (QED) is 0.722. The van der Waals surface area contributed by atoms with Crippen molar-refractivity contribution in [1.82, 2.24) is 0 Å². The molecule has 0 saturated carbocycles. The number of carbonyl (C=O) groups excluding carboxylic acids is 1. The van der Waals surface area contributed by atoms with E-state index in [0.29, 0.717) is 0 Å². The lowest BCUT2D eigenvalue weighted by Gasteiger charge is -2.13. The molecule has 0 saturated heterocycles. The highest BCUT2D eigenvalue weighted by atomic mass is 16.5. The Balaban J connectivity index is 2.17. The van der Waals surface area contributed by atoms with Crippen LogP contribution in [0.5, 0.6) is 0 Å². The number of cyclic esters (lactones) is 1. The first-order chi connectivity index (χ1) is 7.81. The van der Waals surface area contributed by atoms with Crippen LogP contribution in [0.15, 0.2) is 36.4 Å². The summed E-state index contributed by atoms with van der Waals surface area (Å²) in [7, 11) is 0. The number of unbranched alkanes of at least 4 members (excludes halogenated alkanes) is 1. The van der Waals surface area contributed by atoms with Gasteiger partial charge in [0, 0.05) is 11.6 Å². The molecule has 16 heavy (non-hydrogen) atoms. The summed E-state index contributed by atoms with van der Waals surface area (Å²) in [5.41, 5.74) is 2.12. The number of rotatable bonds is 4. The number of carbonyl (C=O) groups is 1.